The molecule has 0 N–H and O–H groups in total. The van der Waals surface area contributed by atoms with Crippen LogP contribution in [0.2, 0.25) is 0 Å². The van der Waals surface area contributed by atoms with Crippen molar-refractivity contribution >= 4 is 31.9 Å². The molecule has 0 unspecified atom stereocenters. The van der Waals surface area contributed by atoms with Crippen LogP contribution in [0.5, 0.6) is 0 Å². The second kappa shape index (κ2) is 43.6. The van der Waals surface area contributed by atoms with Gasteiger partial charge in [-0.05, 0) is 11.7 Å². The fourth-order valence-electron chi connectivity index (χ4n) is 0. The van der Waals surface area contributed by atoms with Gasteiger partial charge in [0, 0.05) is 22.4 Å². The normalized spacial score (nSPS) is 2.40. The van der Waals surface area contributed by atoms with Crippen LogP contribution in [-0.4, -0.2) is 11.7 Å². The molecule has 0 amide bonds. The molecule has 0 saturated heterocycles. The summed E-state index contributed by atoms with van der Waals surface area (Å²) in [5, 5.41) is 0. The van der Waals surface area contributed by atoms with Crippen LogP contribution in [0.25, 0.3) is 0 Å². The molecule has 39 valence electrons. The van der Waals surface area contributed by atoms with Gasteiger partial charge in [-0.1, -0.05) is 31.9 Å². The smallest absolute Gasteiger partial charge is 0 e. The maximum absolute atomic E-state index is 2.94. The second-order valence-electron chi connectivity index (χ2n) is 0. The van der Waals surface area contributed by atoms with E-state index in [4.69, 9.17) is 0 Å². The van der Waals surface area contributed by atoms with Crippen molar-refractivity contribution < 1.29 is 22.4 Å². The van der Waals surface area contributed by atoms with Crippen LogP contribution < -0.4 is 0 Å². The van der Waals surface area contributed by atoms with Crippen LogP contribution in [0.15, 0.2) is 0 Å². The molecule has 0 bridgehead atoms. The van der Waals surface area contributed by atoms with Crippen LogP contribution in [0, 0.1) is 0 Å². The Balaban J connectivity index is -0.0000000133. The van der Waals surface area contributed by atoms with Crippen LogP contribution >= 0.6 is 31.9 Å². The third kappa shape index (κ3) is 27.0. The molecule has 5 heavy (non-hydrogen) atoms. The molecule has 1 radical (unpaired) electrons. The summed E-state index contributed by atoms with van der Waals surface area (Å²) in [6.07, 6.45) is 0. The molecule has 0 heterocycles. The van der Waals surface area contributed by atoms with Crippen LogP contribution in [0.1, 0.15) is 0 Å². The van der Waals surface area contributed by atoms with Crippen molar-refractivity contribution in [3.63, 3.8) is 0 Å². The Labute approximate surface area is 65.5 Å². The summed E-state index contributed by atoms with van der Waals surface area (Å²) in [7, 11) is 0. The van der Waals surface area contributed by atoms with Crippen LogP contribution in [-0.2, 0) is 22.4 Å². The number of hydrogen-bond acceptors (Lipinski definition) is 0. The fraction of sp³-hybridized carbons (Fsp3) is 1.00. The summed E-state index contributed by atoms with van der Waals surface area (Å²) in [6, 6.07) is 0. The Morgan fingerprint density at radius 1 is 0.800 bits per heavy atom. The molecule has 3 heteroatoms. The van der Waals surface area contributed by atoms with Crippen molar-refractivity contribution in [2.75, 3.05) is 11.7 Å². The quantitative estimate of drug-likeness (QED) is 0.441. The first-order valence-corrected chi connectivity index (χ1v) is 3.93. The number of hydrogen-bond donors (Lipinski definition) is 0. The first-order valence-electron chi connectivity index (χ1n) is 0.756. The maximum atomic E-state index is 2.94. The third-order valence-corrected chi connectivity index (χ3v) is 0. The first kappa shape index (κ1) is 15.9. The molecular weight excluding hydrogens is 381 g/mol. The molecule has 0 aliphatic carbocycles. The summed E-state index contributed by atoms with van der Waals surface area (Å²) in [5.74, 6) is 3.62. The molecule has 0 fully saturated rings. The van der Waals surface area contributed by atoms with Gasteiger partial charge < -0.3 is 0 Å². The van der Waals surface area contributed by atoms with Gasteiger partial charge in [0.15, 0.2) is 0 Å². The summed E-state index contributed by atoms with van der Waals surface area (Å²) >= 11 is 5.88. The predicted octanol–water partition coefficient (Wildman–Crippen LogP) is 2.02. The van der Waals surface area contributed by atoms with Gasteiger partial charge in [0.25, 0.3) is 0 Å². The maximum Gasteiger partial charge on any atom is 0 e. The minimum Gasteiger partial charge on any atom is -0.0966 e. The molecule has 0 aromatic carbocycles. The summed E-state index contributed by atoms with van der Waals surface area (Å²) in [5.41, 5.74) is 0. The summed E-state index contributed by atoms with van der Waals surface area (Å²) < 4.78 is 0. The van der Waals surface area contributed by atoms with Crippen molar-refractivity contribution in [1.29, 1.82) is 0 Å². The van der Waals surface area contributed by atoms with Gasteiger partial charge in [-0.15, -0.1) is 0 Å². The third-order valence-electron chi connectivity index (χ3n) is 0. The van der Waals surface area contributed by atoms with Gasteiger partial charge in [0.05, 0.1) is 0 Å². The first-order chi connectivity index (χ1) is 2.00. The molecular formula is C2H6AuBr2. The minimum absolute atomic E-state index is 0. The molecule has 0 aromatic heterocycles. The average molecular weight is 387 g/mol. The van der Waals surface area contributed by atoms with Gasteiger partial charge in [-0.2, -0.15) is 0 Å². The van der Waals surface area contributed by atoms with Crippen molar-refractivity contribution in [3.8, 4) is 0 Å². The van der Waals surface area contributed by atoms with Crippen molar-refractivity contribution in [2.45, 2.75) is 0 Å². The average Bonchev–Trinajstić information content (AvgIpc) is 1.50. The molecule has 0 aliphatic heterocycles. The minimum atomic E-state index is 0. The Bertz CT molecular complexity index is 7.61. The molecule has 0 nitrogen and oxygen atoms in total. The van der Waals surface area contributed by atoms with Crippen molar-refractivity contribution in [2.24, 2.45) is 0 Å². The van der Waals surface area contributed by atoms with Gasteiger partial charge in [-0.3, -0.25) is 0 Å². The van der Waals surface area contributed by atoms with E-state index >= 15 is 0 Å². The van der Waals surface area contributed by atoms with E-state index in [9.17, 15) is 0 Å². The zero-order chi connectivity index (χ0) is 4.00. The van der Waals surface area contributed by atoms with E-state index in [2.05, 4.69) is 31.9 Å². The van der Waals surface area contributed by atoms with Crippen LogP contribution in [0.3, 0.4) is 0 Å². The number of halogens is 2. The van der Waals surface area contributed by atoms with E-state index < -0.39 is 0 Å². The standard InChI is InChI=1S/2CH3Br.Au/c2*1-2;/h2*1H3;. The van der Waals surface area contributed by atoms with Gasteiger partial charge in [0.1, 0.15) is 0 Å². The summed E-state index contributed by atoms with van der Waals surface area (Å²) in [6.45, 7) is 0. The number of rotatable bonds is 0. The Morgan fingerprint density at radius 3 is 0.800 bits per heavy atom. The second-order valence-corrected chi connectivity index (χ2v) is 0. The monoisotopic (exact) mass is 385 g/mol. The van der Waals surface area contributed by atoms with E-state index in [-0.39, 0.29) is 22.4 Å². The Morgan fingerprint density at radius 2 is 0.800 bits per heavy atom. The molecule has 0 atom stereocenters. The molecule has 0 aliphatic rings. The fourth-order valence-corrected chi connectivity index (χ4v) is 0. The molecule has 0 saturated carbocycles. The van der Waals surface area contributed by atoms with Gasteiger partial charge >= 0.3 is 0 Å². The molecule has 0 rings (SSSR count). The van der Waals surface area contributed by atoms with Crippen LogP contribution in [0.4, 0.5) is 0 Å². The topological polar surface area (TPSA) is 0 Å². The van der Waals surface area contributed by atoms with E-state index in [1.165, 1.54) is 0 Å². The van der Waals surface area contributed by atoms with E-state index in [0.29, 0.717) is 0 Å². The molecule has 0 aromatic rings. The van der Waals surface area contributed by atoms with E-state index in [1.807, 2.05) is 11.7 Å². The molecule has 0 spiro atoms. The van der Waals surface area contributed by atoms with E-state index in [1.54, 1.807) is 0 Å². The number of alkyl halides is 2. The van der Waals surface area contributed by atoms with Gasteiger partial charge in [0.2, 0.25) is 0 Å². The summed E-state index contributed by atoms with van der Waals surface area (Å²) in [4.78, 5) is 0. The predicted molar refractivity (Wildman–Crippen MR) is 29.7 cm³/mol. The van der Waals surface area contributed by atoms with Crippen molar-refractivity contribution in [1.82, 2.24) is 0 Å². The largest absolute Gasteiger partial charge is 0.0966 e. The Hall–Kier alpha value is 1.70. The van der Waals surface area contributed by atoms with Crippen molar-refractivity contribution in [3.05, 3.63) is 0 Å². The zero-order valence-corrected chi connectivity index (χ0v) is 8.40. The van der Waals surface area contributed by atoms with E-state index in [0.717, 1.165) is 0 Å². The zero-order valence-electron chi connectivity index (χ0n) is 3.06. The van der Waals surface area contributed by atoms with Gasteiger partial charge in [-0.25, -0.2) is 0 Å². The SMILES string of the molecule is CBr.CBr.[Au]. The Kier molecular flexibility index (Phi) is 139.